The van der Waals surface area contributed by atoms with Crippen LogP contribution in [0.4, 0.5) is 13.2 Å². The Kier molecular flexibility index (Phi) is 4.19. The summed E-state index contributed by atoms with van der Waals surface area (Å²) in [7, 11) is 0. The van der Waals surface area contributed by atoms with Gasteiger partial charge in [-0.15, -0.1) is 0 Å². The maximum Gasteiger partial charge on any atom is 0.137 e. The number of halogens is 3. The van der Waals surface area contributed by atoms with Gasteiger partial charge >= 0.3 is 0 Å². The molecule has 0 amide bonds. The van der Waals surface area contributed by atoms with Gasteiger partial charge in [-0.25, -0.2) is 22.8 Å². The van der Waals surface area contributed by atoms with E-state index in [0.29, 0.717) is 10.9 Å². The van der Waals surface area contributed by atoms with Gasteiger partial charge in [-0.3, -0.25) is 0 Å². The van der Waals surface area contributed by atoms with Gasteiger partial charge in [0.1, 0.15) is 35.7 Å². The Balaban J connectivity index is 1.79. The molecule has 0 aliphatic carbocycles. The molecule has 5 nitrogen and oxygen atoms in total. The summed E-state index contributed by atoms with van der Waals surface area (Å²) in [6, 6.07) is 9.01. The molecule has 0 saturated carbocycles. The van der Waals surface area contributed by atoms with E-state index in [9.17, 15) is 18.3 Å². The van der Waals surface area contributed by atoms with E-state index in [-0.39, 0.29) is 24.5 Å². The molecule has 0 bridgehead atoms. The molecule has 1 N–H and O–H groups in total. The minimum Gasteiger partial charge on any atom is -0.381 e. The third-order valence-corrected chi connectivity index (χ3v) is 4.49. The summed E-state index contributed by atoms with van der Waals surface area (Å²) in [5, 5.41) is 16.0. The molecular weight excluding hydrogens is 357 g/mol. The molecule has 1 unspecified atom stereocenters. The summed E-state index contributed by atoms with van der Waals surface area (Å²) in [6.07, 6.45) is 4.38. The smallest absolute Gasteiger partial charge is 0.137 e. The van der Waals surface area contributed by atoms with Gasteiger partial charge in [-0.2, -0.15) is 5.10 Å². The van der Waals surface area contributed by atoms with Crippen LogP contribution in [0, 0.1) is 17.5 Å². The zero-order valence-corrected chi connectivity index (χ0v) is 14.1. The van der Waals surface area contributed by atoms with Crippen LogP contribution < -0.4 is 0 Å². The first-order valence-corrected chi connectivity index (χ1v) is 8.19. The first-order chi connectivity index (χ1) is 12.9. The highest BCUT2D eigenvalue weighted by Crippen LogP contribution is 2.30. The van der Waals surface area contributed by atoms with E-state index >= 15 is 0 Å². The van der Waals surface area contributed by atoms with Crippen LogP contribution in [0.25, 0.3) is 10.9 Å². The molecule has 0 fully saturated rings. The van der Waals surface area contributed by atoms with Crippen molar-refractivity contribution in [3.63, 3.8) is 0 Å². The molecule has 2 heterocycles. The third kappa shape index (κ3) is 3.31. The van der Waals surface area contributed by atoms with Crippen molar-refractivity contribution in [3.8, 4) is 0 Å². The molecule has 4 rings (SSSR count). The quantitative estimate of drug-likeness (QED) is 0.585. The van der Waals surface area contributed by atoms with Gasteiger partial charge in [-0.1, -0.05) is 6.07 Å². The lowest BCUT2D eigenvalue weighted by Gasteiger charge is -2.30. The molecule has 138 valence electrons. The molecule has 4 aromatic rings. The topological polar surface area (TPSA) is 55.9 Å². The van der Waals surface area contributed by atoms with Gasteiger partial charge in [0.25, 0.3) is 0 Å². The summed E-state index contributed by atoms with van der Waals surface area (Å²) in [5.41, 5.74) is -1.13. The zero-order chi connectivity index (χ0) is 19.0. The van der Waals surface area contributed by atoms with Crippen molar-refractivity contribution in [2.24, 2.45) is 0 Å². The van der Waals surface area contributed by atoms with Gasteiger partial charge in [-0.05, 0) is 30.3 Å². The lowest BCUT2D eigenvalue weighted by Crippen LogP contribution is -2.37. The second-order valence-electron chi connectivity index (χ2n) is 6.40. The summed E-state index contributed by atoms with van der Waals surface area (Å²) in [6.45, 7) is -0.152. The van der Waals surface area contributed by atoms with Crippen molar-refractivity contribution in [3.05, 3.63) is 84.3 Å². The predicted octanol–water partition coefficient (Wildman–Crippen LogP) is 3.24. The van der Waals surface area contributed by atoms with Gasteiger partial charge in [0.05, 0.1) is 13.1 Å². The molecule has 0 spiro atoms. The Morgan fingerprint density at radius 2 is 1.74 bits per heavy atom. The molecule has 0 radical (unpaired) electrons. The lowest BCUT2D eigenvalue weighted by molar-refractivity contribution is -0.00435. The van der Waals surface area contributed by atoms with Crippen molar-refractivity contribution in [1.82, 2.24) is 19.3 Å². The average molecular weight is 372 g/mol. The Labute approximate surface area is 152 Å². The predicted molar refractivity (Wildman–Crippen MR) is 92.2 cm³/mol. The standard InChI is InChI=1S/C19H15F3N4O/c20-14-2-4-18-13(7-14)5-6-25(18)9-19(27,10-26-12-23-11-24-26)16-3-1-15(21)8-17(16)22/h1-8,11-12,27H,9-10H2. The second-order valence-corrected chi connectivity index (χ2v) is 6.40. The van der Waals surface area contributed by atoms with Gasteiger partial charge < -0.3 is 9.67 Å². The van der Waals surface area contributed by atoms with E-state index in [1.54, 1.807) is 22.9 Å². The Hall–Kier alpha value is -3.13. The van der Waals surface area contributed by atoms with Gasteiger partial charge in [0.2, 0.25) is 0 Å². The number of aliphatic hydroxyl groups is 1. The van der Waals surface area contributed by atoms with E-state index in [1.165, 1.54) is 35.5 Å². The maximum absolute atomic E-state index is 14.5. The van der Waals surface area contributed by atoms with Crippen LogP contribution in [0.3, 0.4) is 0 Å². The normalized spacial score (nSPS) is 13.8. The molecule has 2 aromatic heterocycles. The number of hydrogen-bond donors (Lipinski definition) is 1. The summed E-state index contributed by atoms with van der Waals surface area (Å²) in [4.78, 5) is 3.83. The highest BCUT2D eigenvalue weighted by molar-refractivity contribution is 5.80. The van der Waals surface area contributed by atoms with Crippen LogP contribution in [0.15, 0.2) is 61.3 Å². The highest BCUT2D eigenvalue weighted by atomic mass is 19.1. The first kappa shape index (κ1) is 17.3. The fourth-order valence-corrected chi connectivity index (χ4v) is 3.26. The minimum atomic E-state index is -1.74. The highest BCUT2D eigenvalue weighted by Gasteiger charge is 2.34. The van der Waals surface area contributed by atoms with Crippen LogP contribution in [0.5, 0.6) is 0 Å². The van der Waals surface area contributed by atoms with Crippen molar-refractivity contribution < 1.29 is 18.3 Å². The van der Waals surface area contributed by atoms with E-state index < -0.39 is 17.2 Å². The lowest BCUT2D eigenvalue weighted by atomic mass is 9.92. The average Bonchev–Trinajstić information content (AvgIpc) is 3.24. The molecule has 0 aliphatic rings. The number of benzene rings is 2. The third-order valence-electron chi connectivity index (χ3n) is 4.49. The minimum absolute atomic E-state index is 0.0510. The van der Waals surface area contributed by atoms with Gasteiger partial charge in [0, 0.05) is 28.7 Å². The number of fused-ring (bicyclic) bond motifs is 1. The van der Waals surface area contributed by atoms with Crippen molar-refractivity contribution in [2.45, 2.75) is 18.7 Å². The molecular formula is C19H15F3N4O. The number of nitrogens with zero attached hydrogens (tertiary/aromatic N) is 4. The molecule has 1 atom stereocenters. The van der Waals surface area contributed by atoms with Crippen LogP contribution in [0.2, 0.25) is 0 Å². The second kappa shape index (κ2) is 6.55. The van der Waals surface area contributed by atoms with E-state index in [2.05, 4.69) is 10.1 Å². The number of rotatable bonds is 5. The monoisotopic (exact) mass is 372 g/mol. The SMILES string of the molecule is OC(Cn1cncn1)(Cn1ccc2cc(F)ccc21)c1ccc(F)cc1F. The van der Waals surface area contributed by atoms with E-state index in [4.69, 9.17) is 0 Å². The van der Waals surface area contributed by atoms with E-state index in [0.717, 1.165) is 12.1 Å². The van der Waals surface area contributed by atoms with E-state index in [1.807, 2.05) is 0 Å². The summed E-state index contributed by atoms with van der Waals surface area (Å²) >= 11 is 0. The van der Waals surface area contributed by atoms with Crippen LogP contribution >= 0.6 is 0 Å². The largest absolute Gasteiger partial charge is 0.381 e. The van der Waals surface area contributed by atoms with Crippen molar-refractivity contribution in [2.75, 3.05) is 0 Å². The number of hydrogen-bond acceptors (Lipinski definition) is 3. The fraction of sp³-hybridized carbons (Fsp3) is 0.158. The van der Waals surface area contributed by atoms with Crippen molar-refractivity contribution in [1.29, 1.82) is 0 Å². The molecule has 0 aliphatic heterocycles. The molecule has 0 saturated heterocycles. The fourth-order valence-electron chi connectivity index (χ4n) is 3.26. The van der Waals surface area contributed by atoms with Crippen LogP contribution in [-0.2, 0) is 18.7 Å². The molecule has 8 heteroatoms. The summed E-state index contributed by atoms with van der Waals surface area (Å²) < 4.78 is 44.3. The Morgan fingerprint density at radius 3 is 2.48 bits per heavy atom. The van der Waals surface area contributed by atoms with Gasteiger partial charge in [0.15, 0.2) is 0 Å². The first-order valence-electron chi connectivity index (χ1n) is 8.19. The van der Waals surface area contributed by atoms with Crippen LogP contribution in [0.1, 0.15) is 5.56 Å². The van der Waals surface area contributed by atoms with Crippen molar-refractivity contribution >= 4 is 10.9 Å². The number of aromatic nitrogens is 4. The Morgan fingerprint density at radius 1 is 0.963 bits per heavy atom. The Bertz CT molecular complexity index is 1090. The van der Waals surface area contributed by atoms with Crippen LogP contribution in [-0.4, -0.2) is 24.4 Å². The summed E-state index contributed by atoms with van der Waals surface area (Å²) in [5.74, 6) is -1.97. The maximum atomic E-state index is 14.5. The zero-order valence-electron chi connectivity index (χ0n) is 14.1. The molecule has 27 heavy (non-hydrogen) atoms. The molecule has 2 aromatic carbocycles.